The molecule has 2 saturated heterocycles. The summed E-state index contributed by atoms with van der Waals surface area (Å²) in [6, 6.07) is 14.6. The summed E-state index contributed by atoms with van der Waals surface area (Å²) >= 11 is 0. The second-order valence-electron chi connectivity index (χ2n) is 8.33. The highest BCUT2D eigenvalue weighted by atomic mass is 15.4. The number of hydrogen-bond donors (Lipinski definition) is 1. The van der Waals surface area contributed by atoms with E-state index in [0.29, 0.717) is 5.95 Å². The van der Waals surface area contributed by atoms with Gasteiger partial charge in [-0.15, -0.1) is 0 Å². The molecule has 0 radical (unpaired) electrons. The summed E-state index contributed by atoms with van der Waals surface area (Å²) in [6.07, 6.45) is 9.13. The van der Waals surface area contributed by atoms with E-state index in [0.717, 1.165) is 43.6 Å². The van der Waals surface area contributed by atoms with E-state index in [-0.39, 0.29) is 0 Å². The van der Waals surface area contributed by atoms with E-state index in [1.807, 2.05) is 6.21 Å². The molecule has 0 aliphatic carbocycles. The van der Waals surface area contributed by atoms with Crippen LogP contribution in [0.1, 0.15) is 44.1 Å². The van der Waals surface area contributed by atoms with Crippen molar-refractivity contribution >= 4 is 34.8 Å². The lowest BCUT2D eigenvalue weighted by molar-refractivity contribution is 0.556. The summed E-state index contributed by atoms with van der Waals surface area (Å²) in [7, 11) is 0. The van der Waals surface area contributed by atoms with E-state index in [1.54, 1.807) is 0 Å². The smallest absolute Gasteiger partial charge is 0.250 e. The quantitative estimate of drug-likeness (QED) is 0.490. The summed E-state index contributed by atoms with van der Waals surface area (Å²) in [4.78, 5) is 18.7. The number of piperidine rings is 2. The fourth-order valence-corrected chi connectivity index (χ4v) is 4.33. The molecule has 2 aliphatic rings. The lowest BCUT2D eigenvalue weighted by Gasteiger charge is -2.30. The zero-order valence-electron chi connectivity index (χ0n) is 17.9. The van der Waals surface area contributed by atoms with Gasteiger partial charge in [0.25, 0.3) is 0 Å². The maximum Gasteiger partial charge on any atom is 0.250 e. The van der Waals surface area contributed by atoms with Crippen LogP contribution in [-0.4, -0.2) is 47.3 Å². The number of benzene rings is 2. The van der Waals surface area contributed by atoms with Gasteiger partial charge in [0.1, 0.15) is 0 Å². The van der Waals surface area contributed by atoms with E-state index in [2.05, 4.69) is 72.8 Å². The van der Waals surface area contributed by atoms with E-state index in [9.17, 15) is 0 Å². The Morgan fingerprint density at radius 3 is 1.97 bits per heavy atom. The van der Waals surface area contributed by atoms with Crippen LogP contribution in [0.15, 0.2) is 47.6 Å². The van der Waals surface area contributed by atoms with Crippen molar-refractivity contribution < 1.29 is 0 Å². The first-order chi connectivity index (χ1) is 15.3. The standard InChI is InChI=1S/C24H29N7/c1-5-13-30(14-6-1)23-26-22(27-24(28-23)31-15-7-2-8-16-31)29-25-18-19-11-12-20-9-3-4-10-21(20)17-19/h3-4,9-12,17-18H,1-2,5-8,13-16H2,(H,26,27,28,29). The van der Waals surface area contributed by atoms with Gasteiger partial charge in [0.2, 0.25) is 17.8 Å². The number of fused-ring (bicyclic) bond motifs is 1. The number of hydrazone groups is 1. The van der Waals surface area contributed by atoms with Crippen molar-refractivity contribution in [2.75, 3.05) is 41.4 Å². The van der Waals surface area contributed by atoms with Crippen LogP contribution < -0.4 is 15.2 Å². The molecule has 0 saturated carbocycles. The van der Waals surface area contributed by atoms with E-state index >= 15 is 0 Å². The van der Waals surface area contributed by atoms with Crippen LogP contribution in [0.3, 0.4) is 0 Å². The van der Waals surface area contributed by atoms with Crippen molar-refractivity contribution in [3.63, 3.8) is 0 Å². The molecule has 7 heteroatoms. The Labute approximate surface area is 183 Å². The molecule has 0 spiro atoms. The Bertz CT molecular complexity index is 1020. The molecule has 3 heterocycles. The Morgan fingerprint density at radius 1 is 0.710 bits per heavy atom. The predicted octanol–water partition coefficient (Wildman–Crippen LogP) is 4.45. The van der Waals surface area contributed by atoms with Crippen molar-refractivity contribution in [2.45, 2.75) is 38.5 Å². The van der Waals surface area contributed by atoms with Crippen LogP contribution >= 0.6 is 0 Å². The third kappa shape index (κ3) is 4.76. The molecule has 160 valence electrons. The fraction of sp³-hybridized carbons (Fsp3) is 0.417. The second-order valence-corrected chi connectivity index (χ2v) is 8.33. The van der Waals surface area contributed by atoms with Gasteiger partial charge in [-0.25, -0.2) is 5.43 Å². The van der Waals surface area contributed by atoms with Crippen molar-refractivity contribution in [3.05, 3.63) is 48.0 Å². The first-order valence-electron chi connectivity index (χ1n) is 11.4. The Morgan fingerprint density at radius 2 is 1.32 bits per heavy atom. The van der Waals surface area contributed by atoms with Crippen LogP contribution in [0.4, 0.5) is 17.8 Å². The number of rotatable bonds is 5. The molecule has 0 amide bonds. The third-order valence-electron chi connectivity index (χ3n) is 6.04. The van der Waals surface area contributed by atoms with Gasteiger partial charge in [0.15, 0.2) is 0 Å². The predicted molar refractivity (Wildman–Crippen MR) is 127 cm³/mol. The van der Waals surface area contributed by atoms with Gasteiger partial charge < -0.3 is 9.80 Å². The molecule has 3 aromatic rings. The summed E-state index contributed by atoms with van der Waals surface area (Å²) in [6.45, 7) is 4.01. The van der Waals surface area contributed by atoms with Crippen molar-refractivity contribution in [3.8, 4) is 0 Å². The highest BCUT2D eigenvalue weighted by Gasteiger charge is 2.20. The normalized spacial score (nSPS) is 17.4. The minimum absolute atomic E-state index is 0.508. The van der Waals surface area contributed by atoms with E-state index < -0.39 is 0 Å². The molecule has 0 unspecified atom stereocenters. The zero-order chi connectivity index (χ0) is 20.9. The van der Waals surface area contributed by atoms with Crippen molar-refractivity contribution in [2.24, 2.45) is 5.10 Å². The Balaban J connectivity index is 1.37. The molecular formula is C24H29N7. The SMILES string of the molecule is C(=NNc1nc(N2CCCCC2)nc(N2CCCCC2)n1)c1ccc2ccccc2c1. The molecule has 2 fully saturated rings. The zero-order valence-corrected chi connectivity index (χ0v) is 17.9. The van der Waals surface area contributed by atoms with Gasteiger partial charge in [-0.05, 0) is 60.9 Å². The van der Waals surface area contributed by atoms with Gasteiger partial charge in [-0.2, -0.15) is 20.1 Å². The number of anilines is 3. The van der Waals surface area contributed by atoms with Crippen molar-refractivity contribution in [1.29, 1.82) is 0 Å². The third-order valence-corrected chi connectivity index (χ3v) is 6.04. The maximum atomic E-state index is 4.82. The molecule has 2 aliphatic heterocycles. The molecule has 0 bridgehead atoms. The molecular weight excluding hydrogens is 386 g/mol. The first-order valence-corrected chi connectivity index (χ1v) is 11.4. The average Bonchev–Trinajstić information content (AvgIpc) is 2.85. The molecule has 1 aromatic heterocycles. The topological polar surface area (TPSA) is 69.5 Å². The second kappa shape index (κ2) is 9.29. The molecule has 7 nitrogen and oxygen atoms in total. The van der Waals surface area contributed by atoms with Crippen molar-refractivity contribution in [1.82, 2.24) is 15.0 Å². The molecule has 2 aromatic carbocycles. The summed E-state index contributed by atoms with van der Waals surface area (Å²) in [5.74, 6) is 2.03. The number of hydrogen-bond acceptors (Lipinski definition) is 7. The minimum atomic E-state index is 0.508. The van der Waals surface area contributed by atoms with Gasteiger partial charge in [-0.1, -0.05) is 36.4 Å². The summed E-state index contributed by atoms with van der Waals surface area (Å²) < 4.78 is 0. The largest absolute Gasteiger partial charge is 0.341 e. The van der Waals surface area contributed by atoms with Crippen LogP contribution in [-0.2, 0) is 0 Å². The highest BCUT2D eigenvalue weighted by molar-refractivity contribution is 5.90. The molecule has 1 N–H and O–H groups in total. The lowest BCUT2D eigenvalue weighted by atomic mass is 10.1. The Kier molecular flexibility index (Phi) is 5.91. The van der Waals surface area contributed by atoms with Crippen LogP contribution in [0, 0.1) is 0 Å². The van der Waals surface area contributed by atoms with Gasteiger partial charge >= 0.3 is 0 Å². The molecule has 5 rings (SSSR count). The average molecular weight is 416 g/mol. The van der Waals surface area contributed by atoms with Crippen LogP contribution in [0.25, 0.3) is 10.8 Å². The Hall–Kier alpha value is -3.22. The number of aromatic nitrogens is 3. The summed E-state index contributed by atoms with van der Waals surface area (Å²) in [5.41, 5.74) is 4.09. The van der Waals surface area contributed by atoms with E-state index in [4.69, 9.17) is 4.98 Å². The highest BCUT2D eigenvalue weighted by Crippen LogP contribution is 2.22. The number of nitrogens with one attached hydrogen (secondary N) is 1. The van der Waals surface area contributed by atoms with Crippen LogP contribution in [0.2, 0.25) is 0 Å². The molecule has 0 atom stereocenters. The van der Waals surface area contributed by atoms with Gasteiger partial charge in [-0.3, -0.25) is 0 Å². The fourth-order valence-electron chi connectivity index (χ4n) is 4.33. The number of nitrogens with zero attached hydrogens (tertiary/aromatic N) is 6. The first kappa shape index (κ1) is 19.7. The van der Waals surface area contributed by atoms with Gasteiger partial charge in [0, 0.05) is 26.2 Å². The molecule has 31 heavy (non-hydrogen) atoms. The summed E-state index contributed by atoms with van der Waals surface area (Å²) in [5, 5.41) is 6.85. The van der Waals surface area contributed by atoms with E-state index in [1.165, 1.54) is 49.3 Å². The van der Waals surface area contributed by atoms with Gasteiger partial charge in [0.05, 0.1) is 6.21 Å². The lowest BCUT2D eigenvalue weighted by Crippen LogP contribution is -2.34. The maximum absolute atomic E-state index is 4.82. The minimum Gasteiger partial charge on any atom is -0.341 e. The monoisotopic (exact) mass is 415 g/mol. The van der Waals surface area contributed by atoms with Crippen LogP contribution in [0.5, 0.6) is 0 Å².